The van der Waals surface area contributed by atoms with Gasteiger partial charge >= 0.3 is 0 Å². The maximum Gasteiger partial charge on any atom is 0.141 e. The van der Waals surface area contributed by atoms with Gasteiger partial charge in [0.1, 0.15) is 11.5 Å². The number of aliphatic hydroxyl groups is 1. The maximum atomic E-state index is 9.76. The van der Waals surface area contributed by atoms with Gasteiger partial charge in [0.05, 0.1) is 22.2 Å². The van der Waals surface area contributed by atoms with E-state index in [0.717, 1.165) is 0 Å². The molecule has 2 rings (SSSR count). The average molecular weight is 353 g/mol. The van der Waals surface area contributed by atoms with Gasteiger partial charge in [0, 0.05) is 10.6 Å². The van der Waals surface area contributed by atoms with Crippen molar-refractivity contribution in [2.24, 2.45) is 0 Å². The first-order valence-electron chi connectivity index (χ1n) is 5.86. The number of ether oxygens (including phenoxy) is 1. The van der Waals surface area contributed by atoms with Crippen LogP contribution in [0.25, 0.3) is 0 Å². The van der Waals surface area contributed by atoms with Crippen LogP contribution in [0.15, 0.2) is 40.9 Å². The summed E-state index contributed by atoms with van der Waals surface area (Å²) >= 11 is 9.25. The zero-order valence-electron chi connectivity index (χ0n) is 10.6. The minimum Gasteiger partial charge on any atom is -0.456 e. The van der Waals surface area contributed by atoms with Gasteiger partial charge in [-0.2, -0.15) is 5.26 Å². The maximum absolute atomic E-state index is 9.76. The van der Waals surface area contributed by atoms with Crippen LogP contribution in [0.1, 0.15) is 24.2 Å². The van der Waals surface area contributed by atoms with Crippen molar-refractivity contribution in [3.63, 3.8) is 0 Å². The summed E-state index contributed by atoms with van der Waals surface area (Å²) in [5, 5.41) is 19.3. The van der Waals surface area contributed by atoms with Gasteiger partial charge in [-0.1, -0.05) is 17.7 Å². The van der Waals surface area contributed by atoms with E-state index < -0.39 is 6.10 Å². The first-order chi connectivity index (χ1) is 9.51. The summed E-state index contributed by atoms with van der Waals surface area (Å²) in [6, 6.07) is 12.1. The Morgan fingerprint density at radius 1 is 1.25 bits per heavy atom. The molecular formula is C15H11BrClNO2. The molecule has 1 atom stereocenters. The molecule has 2 aromatic carbocycles. The van der Waals surface area contributed by atoms with Crippen LogP contribution in [-0.4, -0.2) is 5.11 Å². The summed E-state index contributed by atoms with van der Waals surface area (Å²) in [5.74, 6) is 1.01. The predicted molar refractivity (Wildman–Crippen MR) is 81.0 cm³/mol. The number of hydrogen-bond donors (Lipinski definition) is 1. The van der Waals surface area contributed by atoms with Gasteiger partial charge in [-0.3, -0.25) is 0 Å². The molecule has 0 aliphatic heterocycles. The molecular weight excluding hydrogens is 342 g/mol. The summed E-state index contributed by atoms with van der Waals surface area (Å²) < 4.78 is 6.48. The van der Waals surface area contributed by atoms with Crippen LogP contribution in [0.4, 0.5) is 0 Å². The Hall–Kier alpha value is -1.54. The number of benzene rings is 2. The minimum atomic E-state index is -0.691. The van der Waals surface area contributed by atoms with Gasteiger partial charge in [-0.25, -0.2) is 0 Å². The fraction of sp³-hybridized carbons (Fsp3) is 0.133. The van der Waals surface area contributed by atoms with Gasteiger partial charge in [-0.15, -0.1) is 0 Å². The molecule has 0 radical (unpaired) electrons. The molecule has 1 unspecified atom stereocenters. The van der Waals surface area contributed by atoms with Gasteiger partial charge < -0.3 is 9.84 Å². The standard InChI is InChI=1S/C15H11BrClNO2/c1-9(19)12-4-2-10(8-18)6-15(12)20-14-5-3-11(17)7-13(14)16/h2-7,9,19H,1H3. The quantitative estimate of drug-likeness (QED) is 0.861. The lowest BCUT2D eigenvalue weighted by atomic mass is 10.1. The second kappa shape index (κ2) is 6.27. The van der Waals surface area contributed by atoms with Crippen LogP contribution >= 0.6 is 27.5 Å². The molecule has 5 heteroatoms. The number of halogens is 2. The van der Waals surface area contributed by atoms with E-state index in [-0.39, 0.29) is 0 Å². The Morgan fingerprint density at radius 2 is 2.00 bits per heavy atom. The highest BCUT2D eigenvalue weighted by Gasteiger charge is 2.12. The number of nitrogens with zero attached hydrogens (tertiary/aromatic N) is 1. The van der Waals surface area contributed by atoms with Crippen LogP contribution in [0, 0.1) is 11.3 Å². The monoisotopic (exact) mass is 351 g/mol. The number of rotatable bonds is 3. The van der Waals surface area contributed by atoms with Crippen LogP contribution in [0.2, 0.25) is 5.02 Å². The van der Waals surface area contributed by atoms with Gasteiger partial charge in [0.25, 0.3) is 0 Å². The molecule has 102 valence electrons. The largest absolute Gasteiger partial charge is 0.456 e. The summed E-state index contributed by atoms with van der Waals surface area (Å²) in [7, 11) is 0. The van der Waals surface area contributed by atoms with E-state index in [1.165, 1.54) is 0 Å². The fourth-order valence-corrected chi connectivity index (χ4v) is 2.48. The Labute approximate surface area is 130 Å². The average Bonchev–Trinajstić information content (AvgIpc) is 2.41. The molecule has 0 amide bonds. The highest BCUT2D eigenvalue weighted by molar-refractivity contribution is 9.10. The van der Waals surface area contributed by atoms with Crippen molar-refractivity contribution in [1.82, 2.24) is 0 Å². The molecule has 1 N–H and O–H groups in total. The Bertz CT molecular complexity index is 680. The lowest BCUT2D eigenvalue weighted by Crippen LogP contribution is -1.97. The van der Waals surface area contributed by atoms with Gasteiger partial charge in [-0.05, 0) is 53.2 Å². The summed E-state index contributed by atoms with van der Waals surface area (Å²) in [5.41, 5.74) is 1.08. The molecule has 0 saturated carbocycles. The van der Waals surface area contributed by atoms with E-state index in [0.29, 0.717) is 32.1 Å². The Kier molecular flexibility index (Phi) is 4.66. The SMILES string of the molecule is CC(O)c1ccc(C#N)cc1Oc1ccc(Cl)cc1Br. The van der Waals surface area contributed by atoms with Gasteiger partial charge in [0.2, 0.25) is 0 Å². The van der Waals surface area contributed by atoms with Crippen LogP contribution in [-0.2, 0) is 0 Å². The number of hydrogen-bond acceptors (Lipinski definition) is 3. The first-order valence-corrected chi connectivity index (χ1v) is 7.03. The zero-order chi connectivity index (χ0) is 14.7. The summed E-state index contributed by atoms with van der Waals surface area (Å²) in [4.78, 5) is 0. The highest BCUT2D eigenvalue weighted by Crippen LogP contribution is 2.35. The van der Waals surface area contributed by atoms with Crippen molar-refractivity contribution in [2.45, 2.75) is 13.0 Å². The molecule has 2 aromatic rings. The molecule has 0 bridgehead atoms. The molecule has 0 fully saturated rings. The first kappa shape index (κ1) is 14.9. The molecule has 0 aliphatic carbocycles. The van der Waals surface area contributed by atoms with Gasteiger partial charge in [0.15, 0.2) is 0 Å². The van der Waals surface area contributed by atoms with Crippen molar-refractivity contribution in [3.05, 3.63) is 57.0 Å². The molecule has 0 spiro atoms. The van der Waals surface area contributed by atoms with Crippen molar-refractivity contribution < 1.29 is 9.84 Å². The van der Waals surface area contributed by atoms with E-state index in [4.69, 9.17) is 21.6 Å². The third-order valence-electron chi connectivity index (χ3n) is 2.71. The predicted octanol–water partition coefficient (Wildman–Crippen LogP) is 4.82. The van der Waals surface area contributed by atoms with Crippen LogP contribution in [0.3, 0.4) is 0 Å². The molecule has 0 aliphatic rings. The van der Waals surface area contributed by atoms with E-state index >= 15 is 0 Å². The summed E-state index contributed by atoms with van der Waals surface area (Å²) in [6.07, 6.45) is -0.691. The molecule has 0 heterocycles. The van der Waals surface area contributed by atoms with Crippen molar-refractivity contribution >= 4 is 27.5 Å². The lowest BCUT2D eigenvalue weighted by molar-refractivity contribution is 0.195. The molecule has 3 nitrogen and oxygen atoms in total. The number of aliphatic hydroxyl groups excluding tert-OH is 1. The second-order valence-electron chi connectivity index (χ2n) is 4.22. The van der Waals surface area contributed by atoms with Crippen molar-refractivity contribution in [3.8, 4) is 17.6 Å². The third-order valence-corrected chi connectivity index (χ3v) is 3.56. The minimum absolute atomic E-state index is 0.446. The normalized spacial score (nSPS) is 11.8. The van der Waals surface area contributed by atoms with Crippen molar-refractivity contribution in [2.75, 3.05) is 0 Å². The van der Waals surface area contributed by atoms with E-state index in [1.807, 2.05) is 6.07 Å². The molecule has 20 heavy (non-hydrogen) atoms. The second-order valence-corrected chi connectivity index (χ2v) is 5.51. The summed E-state index contributed by atoms with van der Waals surface area (Å²) in [6.45, 7) is 1.64. The topological polar surface area (TPSA) is 53.2 Å². The molecule has 0 aromatic heterocycles. The zero-order valence-corrected chi connectivity index (χ0v) is 12.9. The van der Waals surface area contributed by atoms with E-state index in [2.05, 4.69) is 15.9 Å². The van der Waals surface area contributed by atoms with E-state index in [1.54, 1.807) is 43.3 Å². The lowest BCUT2D eigenvalue weighted by Gasteiger charge is -2.14. The van der Waals surface area contributed by atoms with Crippen LogP contribution < -0.4 is 4.74 Å². The Morgan fingerprint density at radius 3 is 2.60 bits per heavy atom. The van der Waals surface area contributed by atoms with Crippen LogP contribution in [0.5, 0.6) is 11.5 Å². The third kappa shape index (κ3) is 3.31. The Balaban J connectivity index is 2.43. The molecule has 0 saturated heterocycles. The fourth-order valence-electron chi connectivity index (χ4n) is 1.71. The number of nitriles is 1. The van der Waals surface area contributed by atoms with E-state index in [9.17, 15) is 5.11 Å². The smallest absolute Gasteiger partial charge is 0.141 e. The highest BCUT2D eigenvalue weighted by atomic mass is 79.9. The van der Waals surface area contributed by atoms with Crippen molar-refractivity contribution in [1.29, 1.82) is 5.26 Å².